The fraction of sp³-hybridized carbons (Fsp3) is 0.231. The predicted octanol–water partition coefficient (Wildman–Crippen LogP) is 3.08. The van der Waals surface area contributed by atoms with E-state index in [1.807, 2.05) is 6.07 Å². The van der Waals surface area contributed by atoms with Gasteiger partial charge in [0.25, 0.3) is 5.92 Å². The second-order valence-corrected chi connectivity index (χ2v) is 4.54. The Balaban J connectivity index is 2.63. The number of hydrogen-bond acceptors (Lipinski definition) is 5. The molecule has 2 rings (SSSR count). The van der Waals surface area contributed by atoms with E-state index in [2.05, 4.69) is 10.3 Å². The molecule has 1 heterocycles. The van der Waals surface area contributed by atoms with Gasteiger partial charge in [-0.2, -0.15) is 5.26 Å². The van der Waals surface area contributed by atoms with E-state index < -0.39 is 23.1 Å². The normalized spacial score (nSPS) is 11.1. The van der Waals surface area contributed by atoms with Crippen molar-refractivity contribution in [2.75, 3.05) is 11.9 Å². The van der Waals surface area contributed by atoms with Gasteiger partial charge in [0.15, 0.2) is 0 Å². The van der Waals surface area contributed by atoms with Crippen LogP contribution in [0.25, 0.3) is 10.9 Å². The molecular weight excluding hydrogens is 282 g/mol. The van der Waals surface area contributed by atoms with Crippen LogP contribution in [0.2, 0.25) is 0 Å². The average molecular weight is 292 g/mol. The number of rotatable bonds is 4. The minimum absolute atomic E-state index is 0.0661. The quantitative estimate of drug-likeness (QED) is 0.690. The second-order valence-electron chi connectivity index (χ2n) is 4.54. The molecule has 1 aromatic heterocycles. The molecule has 0 unspecified atom stereocenters. The molecule has 1 N–H and O–H groups in total. The lowest BCUT2D eigenvalue weighted by molar-refractivity contribution is -0.384. The second kappa shape index (κ2) is 5.28. The molecule has 6 nitrogen and oxygen atoms in total. The number of benzene rings is 1. The maximum atomic E-state index is 13.0. The molecule has 0 saturated carbocycles. The standard InChI is InChI=1S/C13H10F2N4O2/c1-13(14,15)7-18-12-9-4-8(5-16)2-3-10(9)17-6-11(12)19(20)21/h2-4,6H,7H2,1H3,(H,17,18). The highest BCUT2D eigenvalue weighted by Gasteiger charge is 2.24. The lowest BCUT2D eigenvalue weighted by atomic mass is 10.1. The first kappa shape index (κ1) is 14.6. The summed E-state index contributed by atoms with van der Waals surface area (Å²) in [4.78, 5) is 14.2. The van der Waals surface area contributed by atoms with Gasteiger partial charge in [-0.15, -0.1) is 0 Å². The number of nitriles is 1. The van der Waals surface area contributed by atoms with Gasteiger partial charge >= 0.3 is 5.69 Å². The number of aromatic nitrogens is 1. The third kappa shape index (κ3) is 3.20. The van der Waals surface area contributed by atoms with Gasteiger partial charge < -0.3 is 5.32 Å². The van der Waals surface area contributed by atoms with E-state index in [9.17, 15) is 18.9 Å². The molecule has 0 aliphatic heterocycles. The number of nitrogens with one attached hydrogen (secondary N) is 1. The van der Waals surface area contributed by atoms with Gasteiger partial charge in [-0.05, 0) is 18.2 Å². The predicted molar refractivity (Wildman–Crippen MR) is 72.2 cm³/mol. The Morgan fingerprint density at radius 2 is 2.24 bits per heavy atom. The van der Waals surface area contributed by atoms with Gasteiger partial charge in [-0.3, -0.25) is 10.1 Å². The molecule has 0 saturated heterocycles. The van der Waals surface area contributed by atoms with E-state index in [4.69, 9.17) is 5.26 Å². The smallest absolute Gasteiger partial charge is 0.311 e. The highest BCUT2D eigenvalue weighted by Crippen LogP contribution is 2.32. The van der Waals surface area contributed by atoms with Crippen LogP contribution in [0, 0.1) is 21.4 Å². The Labute approximate surface area is 118 Å². The number of anilines is 1. The molecule has 108 valence electrons. The number of halogens is 2. The molecule has 8 heteroatoms. The maximum Gasteiger partial charge on any atom is 0.311 e. The van der Waals surface area contributed by atoms with Crippen molar-refractivity contribution >= 4 is 22.3 Å². The lowest BCUT2D eigenvalue weighted by Crippen LogP contribution is -2.23. The summed E-state index contributed by atoms with van der Waals surface area (Å²) >= 11 is 0. The van der Waals surface area contributed by atoms with Crippen molar-refractivity contribution in [3.05, 3.63) is 40.1 Å². The summed E-state index contributed by atoms with van der Waals surface area (Å²) in [6, 6.07) is 6.28. The molecular formula is C13H10F2N4O2. The SMILES string of the molecule is CC(F)(F)CNc1c([N+](=O)[O-])cnc2ccc(C#N)cc12. The highest BCUT2D eigenvalue weighted by molar-refractivity contribution is 5.96. The van der Waals surface area contributed by atoms with Gasteiger partial charge in [0.2, 0.25) is 0 Å². The van der Waals surface area contributed by atoms with Crippen LogP contribution < -0.4 is 5.32 Å². The summed E-state index contributed by atoms with van der Waals surface area (Å²) in [5, 5.41) is 22.5. The Bertz CT molecular complexity index is 750. The van der Waals surface area contributed by atoms with Crippen molar-refractivity contribution in [2.24, 2.45) is 0 Å². The molecule has 0 aliphatic rings. The van der Waals surface area contributed by atoms with Crippen LogP contribution in [0.15, 0.2) is 24.4 Å². The van der Waals surface area contributed by atoms with E-state index in [-0.39, 0.29) is 16.6 Å². The molecule has 0 fully saturated rings. The molecule has 21 heavy (non-hydrogen) atoms. The van der Waals surface area contributed by atoms with Crippen LogP contribution >= 0.6 is 0 Å². The number of hydrogen-bond donors (Lipinski definition) is 1. The fourth-order valence-electron chi connectivity index (χ4n) is 1.82. The summed E-state index contributed by atoms with van der Waals surface area (Å²) in [7, 11) is 0. The molecule has 0 bridgehead atoms. The van der Waals surface area contributed by atoms with Crippen molar-refractivity contribution in [3.63, 3.8) is 0 Å². The third-order valence-corrected chi connectivity index (χ3v) is 2.75. The van der Waals surface area contributed by atoms with Gasteiger partial charge in [-0.25, -0.2) is 13.8 Å². The van der Waals surface area contributed by atoms with Crippen molar-refractivity contribution in [2.45, 2.75) is 12.8 Å². The first-order valence-electron chi connectivity index (χ1n) is 5.91. The summed E-state index contributed by atoms with van der Waals surface area (Å²) in [5.41, 5.74) is 0.156. The van der Waals surface area contributed by atoms with E-state index in [0.717, 1.165) is 6.20 Å². The minimum atomic E-state index is -3.03. The number of nitrogens with zero attached hydrogens (tertiary/aromatic N) is 3. The average Bonchev–Trinajstić information content (AvgIpc) is 2.42. The Hall–Kier alpha value is -2.82. The van der Waals surface area contributed by atoms with Crippen LogP contribution in [0.4, 0.5) is 20.2 Å². The van der Waals surface area contributed by atoms with Crippen LogP contribution in [0.1, 0.15) is 12.5 Å². The molecule has 0 spiro atoms. The fourth-order valence-corrected chi connectivity index (χ4v) is 1.82. The van der Waals surface area contributed by atoms with Crippen molar-refractivity contribution in [1.29, 1.82) is 5.26 Å². The monoisotopic (exact) mass is 292 g/mol. The first-order chi connectivity index (χ1) is 9.81. The van der Waals surface area contributed by atoms with E-state index in [1.54, 1.807) is 0 Å². The van der Waals surface area contributed by atoms with Crippen molar-refractivity contribution in [1.82, 2.24) is 4.98 Å². The molecule has 0 atom stereocenters. The van der Waals surface area contributed by atoms with Gasteiger partial charge in [0.1, 0.15) is 11.9 Å². The number of alkyl halides is 2. The highest BCUT2D eigenvalue weighted by atomic mass is 19.3. The van der Waals surface area contributed by atoms with Crippen LogP contribution in [-0.4, -0.2) is 22.4 Å². The van der Waals surface area contributed by atoms with Crippen LogP contribution in [0.3, 0.4) is 0 Å². The first-order valence-corrected chi connectivity index (χ1v) is 5.91. The molecule has 1 aromatic carbocycles. The zero-order chi connectivity index (χ0) is 15.6. The van der Waals surface area contributed by atoms with Crippen molar-refractivity contribution < 1.29 is 13.7 Å². The van der Waals surface area contributed by atoms with Crippen LogP contribution in [0.5, 0.6) is 0 Å². The summed E-state index contributed by atoms with van der Waals surface area (Å²) in [6.45, 7) is -0.0559. The topological polar surface area (TPSA) is 91.8 Å². The summed E-state index contributed by atoms with van der Waals surface area (Å²) in [6.07, 6.45) is 1.00. The number of pyridine rings is 1. The molecule has 0 amide bonds. The lowest BCUT2D eigenvalue weighted by Gasteiger charge is -2.14. The van der Waals surface area contributed by atoms with Gasteiger partial charge in [-0.1, -0.05) is 0 Å². The zero-order valence-corrected chi connectivity index (χ0v) is 10.9. The number of nitro groups is 1. The van der Waals surface area contributed by atoms with E-state index in [0.29, 0.717) is 12.4 Å². The van der Waals surface area contributed by atoms with Gasteiger partial charge in [0.05, 0.1) is 28.6 Å². The third-order valence-electron chi connectivity index (χ3n) is 2.75. The Kier molecular flexibility index (Phi) is 3.67. The molecule has 0 radical (unpaired) electrons. The van der Waals surface area contributed by atoms with Crippen LogP contribution in [-0.2, 0) is 0 Å². The van der Waals surface area contributed by atoms with E-state index in [1.165, 1.54) is 18.2 Å². The van der Waals surface area contributed by atoms with Gasteiger partial charge in [0, 0.05) is 12.3 Å². The Morgan fingerprint density at radius 1 is 1.52 bits per heavy atom. The summed E-state index contributed by atoms with van der Waals surface area (Å²) in [5.74, 6) is -3.03. The largest absolute Gasteiger partial charge is 0.373 e. The Morgan fingerprint density at radius 3 is 2.81 bits per heavy atom. The molecule has 2 aromatic rings. The zero-order valence-electron chi connectivity index (χ0n) is 10.9. The van der Waals surface area contributed by atoms with Crippen molar-refractivity contribution in [3.8, 4) is 6.07 Å². The summed E-state index contributed by atoms with van der Waals surface area (Å²) < 4.78 is 26.0. The van der Waals surface area contributed by atoms with E-state index >= 15 is 0 Å². The number of fused-ring (bicyclic) bond motifs is 1. The minimum Gasteiger partial charge on any atom is -0.373 e. The molecule has 0 aliphatic carbocycles. The maximum absolute atomic E-state index is 13.0.